The second-order valence-corrected chi connectivity index (χ2v) is 9.62. The Morgan fingerprint density at radius 3 is 2.05 bits per heavy atom. The van der Waals surface area contributed by atoms with Crippen LogP contribution in [-0.2, 0) is 37.2 Å². The normalized spacial score (nSPS) is 11.9. The van der Waals surface area contributed by atoms with E-state index in [0.29, 0.717) is 38.4 Å². The number of nitro groups is 1. The van der Waals surface area contributed by atoms with Gasteiger partial charge < -0.3 is 18.4 Å². The molecule has 1 atom stereocenters. The molecule has 11 heteroatoms. The van der Waals surface area contributed by atoms with Gasteiger partial charge in [-0.2, -0.15) is 8.42 Å². The molecule has 0 aliphatic rings. The largest absolute Gasteiger partial charge is 0.493 e. The van der Waals surface area contributed by atoms with Gasteiger partial charge in [0.15, 0.2) is 6.10 Å². The fourth-order valence-electron chi connectivity index (χ4n) is 3.49. The molecule has 0 spiro atoms. The highest BCUT2D eigenvalue weighted by Gasteiger charge is 2.21. The first kappa shape index (κ1) is 28.6. The Hall–Kier alpha value is -3.96. The maximum Gasteiger partial charge on any atom is 0.339 e. The van der Waals surface area contributed by atoms with Gasteiger partial charge in [-0.25, -0.2) is 4.79 Å². The molecule has 10 nitrogen and oxygen atoms in total. The van der Waals surface area contributed by atoms with Crippen molar-refractivity contribution in [2.75, 3.05) is 19.8 Å². The first-order valence-corrected chi connectivity index (χ1v) is 13.4. The van der Waals surface area contributed by atoms with Crippen molar-refractivity contribution >= 4 is 21.8 Å². The van der Waals surface area contributed by atoms with Crippen molar-refractivity contribution in [3.63, 3.8) is 0 Å². The average Bonchev–Trinajstić information content (AvgIpc) is 2.90. The van der Waals surface area contributed by atoms with Crippen molar-refractivity contribution in [3.05, 3.63) is 94.0 Å². The van der Waals surface area contributed by atoms with Crippen molar-refractivity contribution in [3.8, 4) is 11.5 Å². The Kier molecular flexibility index (Phi) is 10.2. The summed E-state index contributed by atoms with van der Waals surface area (Å²) in [5.74, 6) is 0.416. The maximum absolute atomic E-state index is 12.4. The van der Waals surface area contributed by atoms with Crippen LogP contribution in [-0.4, -0.2) is 45.2 Å². The van der Waals surface area contributed by atoms with Crippen LogP contribution >= 0.6 is 0 Å². The molecule has 3 aromatic carbocycles. The number of non-ortho nitro benzene ring substituents is 1. The minimum atomic E-state index is -4.12. The number of hydrogen-bond donors (Lipinski definition) is 0. The van der Waals surface area contributed by atoms with E-state index in [-0.39, 0.29) is 22.3 Å². The summed E-state index contributed by atoms with van der Waals surface area (Å²) in [6.45, 7) is 4.68. The number of rotatable bonds is 14. The molecule has 0 heterocycles. The maximum atomic E-state index is 12.4. The molecule has 0 saturated heterocycles. The van der Waals surface area contributed by atoms with Crippen LogP contribution in [0.4, 0.5) is 5.69 Å². The van der Waals surface area contributed by atoms with Gasteiger partial charge in [-0.3, -0.25) is 10.1 Å². The third-order valence-electron chi connectivity index (χ3n) is 5.39. The molecule has 0 aliphatic heterocycles. The summed E-state index contributed by atoms with van der Waals surface area (Å²) in [6.07, 6.45) is 0.330. The number of carbonyl (C=O) groups excluding carboxylic acids is 1. The third-order valence-corrected chi connectivity index (χ3v) is 6.65. The Labute approximate surface area is 221 Å². The van der Waals surface area contributed by atoms with E-state index in [0.717, 1.165) is 35.4 Å². The third kappa shape index (κ3) is 8.29. The van der Waals surface area contributed by atoms with Gasteiger partial charge in [0, 0.05) is 31.6 Å². The molecule has 0 aromatic heterocycles. The Morgan fingerprint density at radius 2 is 1.47 bits per heavy atom. The van der Waals surface area contributed by atoms with Gasteiger partial charge in [0.1, 0.15) is 16.4 Å². The Morgan fingerprint density at radius 1 is 0.868 bits per heavy atom. The van der Waals surface area contributed by atoms with E-state index in [9.17, 15) is 23.3 Å². The molecule has 0 radical (unpaired) electrons. The highest BCUT2D eigenvalue weighted by molar-refractivity contribution is 7.87. The van der Waals surface area contributed by atoms with Crippen molar-refractivity contribution in [2.45, 2.75) is 37.7 Å². The van der Waals surface area contributed by atoms with Crippen LogP contribution in [0.2, 0.25) is 0 Å². The molecular weight excluding hydrogens is 514 g/mol. The molecule has 0 N–H and O–H groups in total. The van der Waals surface area contributed by atoms with Crippen molar-refractivity contribution in [2.24, 2.45) is 0 Å². The zero-order valence-corrected chi connectivity index (χ0v) is 21.9. The summed E-state index contributed by atoms with van der Waals surface area (Å²) in [7, 11) is -4.12. The predicted octanol–water partition coefficient (Wildman–Crippen LogP) is 4.49. The fraction of sp³-hybridized carbons (Fsp3) is 0.296. The average molecular weight is 544 g/mol. The summed E-state index contributed by atoms with van der Waals surface area (Å²) < 4.78 is 46.4. The van der Waals surface area contributed by atoms with Gasteiger partial charge in [-0.1, -0.05) is 24.3 Å². The highest BCUT2D eigenvalue weighted by Crippen LogP contribution is 2.22. The second kappa shape index (κ2) is 13.5. The van der Waals surface area contributed by atoms with E-state index in [4.69, 9.17) is 18.4 Å². The number of nitro benzene ring substituents is 1. The molecule has 38 heavy (non-hydrogen) atoms. The molecule has 0 bridgehead atoms. The standard InChI is InChI=1S/C27H29NO9S/c1-3-34-26(27(29)35-4-2)19-21-7-11-23(12-8-21)36-18-17-20-5-13-24(14-6-20)37-38(32,33)25-15-9-22(10-16-25)28(30)31/h5-16,26H,3-4,17-19H2,1-2H3. The monoisotopic (exact) mass is 543 g/mol. The lowest BCUT2D eigenvalue weighted by atomic mass is 10.1. The zero-order valence-electron chi connectivity index (χ0n) is 21.1. The van der Waals surface area contributed by atoms with Gasteiger partial charge in [0.05, 0.1) is 18.1 Å². The summed E-state index contributed by atoms with van der Waals surface area (Å²) >= 11 is 0. The van der Waals surface area contributed by atoms with E-state index in [1.807, 2.05) is 31.2 Å². The van der Waals surface area contributed by atoms with Crippen LogP contribution in [0.3, 0.4) is 0 Å². The number of hydrogen-bond acceptors (Lipinski definition) is 9. The summed E-state index contributed by atoms with van der Waals surface area (Å²) in [5.41, 5.74) is 1.62. The van der Waals surface area contributed by atoms with Crippen molar-refractivity contribution in [1.29, 1.82) is 0 Å². The first-order chi connectivity index (χ1) is 18.2. The molecule has 3 rings (SSSR count). The highest BCUT2D eigenvalue weighted by atomic mass is 32.2. The van der Waals surface area contributed by atoms with Crippen molar-refractivity contribution in [1.82, 2.24) is 0 Å². The zero-order chi connectivity index (χ0) is 27.5. The molecule has 0 aliphatic carbocycles. The SMILES string of the molecule is CCOC(=O)C(Cc1ccc(OCCc2ccc(OS(=O)(=O)c3ccc([N+](=O)[O-])cc3)cc2)cc1)OCC. The summed E-state index contributed by atoms with van der Waals surface area (Å²) in [4.78, 5) is 22.0. The first-order valence-electron chi connectivity index (χ1n) is 12.0. The topological polar surface area (TPSA) is 131 Å². The van der Waals surface area contributed by atoms with E-state index >= 15 is 0 Å². The molecule has 0 amide bonds. The Balaban J connectivity index is 1.49. The summed E-state index contributed by atoms with van der Waals surface area (Å²) in [5, 5.41) is 10.7. The van der Waals surface area contributed by atoms with Crippen LogP contribution in [0.1, 0.15) is 25.0 Å². The second-order valence-electron chi connectivity index (χ2n) is 8.07. The number of ether oxygens (including phenoxy) is 3. The number of carbonyl (C=O) groups is 1. The van der Waals surface area contributed by atoms with Gasteiger partial charge in [-0.05, 0) is 61.4 Å². The minimum Gasteiger partial charge on any atom is -0.493 e. The predicted molar refractivity (Wildman–Crippen MR) is 139 cm³/mol. The van der Waals surface area contributed by atoms with E-state index in [1.54, 1.807) is 19.1 Å². The smallest absolute Gasteiger partial charge is 0.339 e. The molecular formula is C27H29NO9S. The Bertz CT molecular complexity index is 1310. The molecule has 1 unspecified atom stereocenters. The van der Waals surface area contributed by atoms with Crippen molar-refractivity contribution < 1.29 is 36.5 Å². The lowest BCUT2D eigenvalue weighted by molar-refractivity contribution is -0.384. The number of esters is 1. The van der Waals surface area contributed by atoms with Gasteiger partial charge in [-0.15, -0.1) is 0 Å². The summed E-state index contributed by atoms with van der Waals surface area (Å²) in [6, 6.07) is 18.4. The quantitative estimate of drug-likeness (QED) is 0.125. The molecule has 0 fully saturated rings. The van der Waals surface area contributed by atoms with E-state index in [1.165, 1.54) is 12.1 Å². The van der Waals surface area contributed by atoms with Gasteiger partial charge in [0.2, 0.25) is 0 Å². The van der Waals surface area contributed by atoms with Crippen LogP contribution in [0, 0.1) is 10.1 Å². The van der Waals surface area contributed by atoms with Crippen LogP contribution in [0.25, 0.3) is 0 Å². The van der Waals surface area contributed by atoms with E-state index in [2.05, 4.69) is 0 Å². The van der Waals surface area contributed by atoms with E-state index < -0.39 is 21.1 Å². The van der Waals surface area contributed by atoms with Crippen LogP contribution in [0.15, 0.2) is 77.7 Å². The fourth-order valence-corrected chi connectivity index (χ4v) is 4.42. The van der Waals surface area contributed by atoms with Gasteiger partial charge in [0.25, 0.3) is 5.69 Å². The lowest BCUT2D eigenvalue weighted by Gasteiger charge is -2.15. The minimum absolute atomic E-state index is 0.122. The molecule has 0 saturated carbocycles. The van der Waals surface area contributed by atoms with Crippen LogP contribution < -0.4 is 8.92 Å². The van der Waals surface area contributed by atoms with Gasteiger partial charge >= 0.3 is 16.1 Å². The molecule has 3 aromatic rings. The van der Waals surface area contributed by atoms with Crippen LogP contribution in [0.5, 0.6) is 11.5 Å². The number of benzene rings is 3. The molecule has 202 valence electrons. The number of nitrogens with zero attached hydrogens (tertiary/aromatic N) is 1. The lowest BCUT2D eigenvalue weighted by Crippen LogP contribution is -2.28.